The Balaban J connectivity index is 1.72. The average molecular weight is 445 g/mol. The van der Waals surface area contributed by atoms with Crippen molar-refractivity contribution in [2.24, 2.45) is 0 Å². The molecule has 3 amide bonds. The first-order chi connectivity index (χ1) is 14.3. The molecule has 0 aliphatic heterocycles. The molecule has 0 fully saturated rings. The molecule has 0 saturated heterocycles. The van der Waals surface area contributed by atoms with Crippen LogP contribution in [0.3, 0.4) is 0 Å². The average Bonchev–Trinajstić information content (AvgIpc) is 3.19. The number of hydrogen-bond donors (Lipinski definition) is 4. The van der Waals surface area contributed by atoms with E-state index in [1.807, 2.05) is 6.07 Å². The van der Waals surface area contributed by atoms with Crippen molar-refractivity contribution in [1.29, 1.82) is 0 Å². The van der Waals surface area contributed by atoms with Crippen LogP contribution in [0.25, 0.3) is 0 Å². The van der Waals surface area contributed by atoms with Crippen molar-refractivity contribution in [2.75, 3.05) is 15.4 Å². The molecular weight excluding hydrogens is 424 g/mol. The van der Waals surface area contributed by atoms with Crippen LogP contribution in [-0.2, 0) is 21.4 Å². The third-order valence-electron chi connectivity index (χ3n) is 3.86. The van der Waals surface area contributed by atoms with Crippen molar-refractivity contribution in [3.63, 3.8) is 0 Å². The van der Waals surface area contributed by atoms with Crippen molar-refractivity contribution >= 4 is 50.4 Å². The van der Waals surface area contributed by atoms with E-state index in [2.05, 4.69) is 20.7 Å². The molecule has 3 rings (SSSR count). The maximum absolute atomic E-state index is 12.8. The lowest BCUT2D eigenvalue weighted by Gasteiger charge is -2.13. The minimum atomic E-state index is -3.86. The Morgan fingerprint density at radius 3 is 2.23 bits per heavy atom. The van der Waals surface area contributed by atoms with E-state index in [1.54, 1.807) is 54.6 Å². The number of hydrogen-bond acceptors (Lipinski definition) is 5. The number of benzene rings is 2. The zero-order valence-corrected chi connectivity index (χ0v) is 17.6. The van der Waals surface area contributed by atoms with Crippen LogP contribution in [0, 0.1) is 0 Å². The van der Waals surface area contributed by atoms with E-state index in [-0.39, 0.29) is 22.3 Å². The van der Waals surface area contributed by atoms with Crippen molar-refractivity contribution in [3.05, 3.63) is 71.6 Å². The summed E-state index contributed by atoms with van der Waals surface area (Å²) >= 11 is 1.06. The van der Waals surface area contributed by atoms with E-state index in [0.717, 1.165) is 11.3 Å². The molecule has 30 heavy (non-hydrogen) atoms. The van der Waals surface area contributed by atoms with Crippen LogP contribution in [0.5, 0.6) is 0 Å². The number of anilines is 3. The Morgan fingerprint density at radius 2 is 1.53 bits per heavy atom. The molecule has 1 aromatic heterocycles. The minimum absolute atomic E-state index is 0.103. The number of nitrogens with one attached hydrogen (secondary N) is 4. The quantitative estimate of drug-likeness (QED) is 0.443. The molecule has 0 radical (unpaired) electrons. The first-order valence-electron chi connectivity index (χ1n) is 8.91. The lowest BCUT2D eigenvalue weighted by Crippen LogP contribution is -2.21. The highest BCUT2D eigenvalue weighted by Gasteiger charge is 2.19. The van der Waals surface area contributed by atoms with Crippen molar-refractivity contribution in [2.45, 2.75) is 17.7 Å². The summed E-state index contributed by atoms with van der Waals surface area (Å²) in [5, 5.41) is 7.96. The smallest absolute Gasteiger partial charge is 0.323 e. The molecular formula is C20H20N4O4S2. The van der Waals surface area contributed by atoms with Gasteiger partial charge in [0.2, 0.25) is 5.91 Å². The van der Waals surface area contributed by atoms with Gasteiger partial charge < -0.3 is 16.0 Å². The summed E-state index contributed by atoms with van der Waals surface area (Å²) in [5.74, 6) is -0.195. The van der Waals surface area contributed by atoms with Gasteiger partial charge in [0.1, 0.15) is 4.21 Å². The first-order valence-corrected chi connectivity index (χ1v) is 11.2. The van der Waals surface area contributed by atoms with Crippen LogP contribution in [0.4, 0.5) is 21.9 Å². The fraction of sp³-hybridized carbons (Fsp3) is 0.100. The molecule has 0 aliphatic carbocycles. The first kappa shape index (κ1) is 21.3. The predicted molar refractivity (Wildman–Crippen MR) is 118 cm³/mol. The molecule has 0 spiro atoms. The van der Waals surface area contributed by atoms with Crippen molar-refractivity contribution in [1.82, 2.24) is 5.32 Å². The largest absolute Gasteiger partial charge is 0.351 e. The van der Waals surface area contributed by atoms with Gasteiger partial charge in [-0.3, -0.25) is 9.52 Å². The molecule has 0 unspecified atom stereocenters. The van der Waals surface area contributed by atoms with Crippen molar-refractivity contribution < 1.29 is 18.0 Å². The van der Waals surface area contributed by atoms with Crippen LogP contribution < -0.4 is 20.7 Å². The van der Waals surface area contributed by atoms with Gasteiger partial charge in [0.05, 0.1) is 17.9 Å². The van der Waals surface area contributed by atoms with Gasteiger partial charge in [-0.25, -0.2) is 13.2 Å². The number of carbonyl (C=O) groups excluding carboxylic acids is 2. The highest BCUT2D eigenvalue weighted by molar-refractivity contribution is 7.94. The molecule has 0 aliphatic rings. The van der Waals surface area contributed by atoms with Crippen LogP contribution in [-0.4, -0.2) is 20.4 Å². The number of amides is 3. The molecule has 2 aromatic carbocycles. The fourth-order valence-electron chi connectivity index (χ4n) is 2.49. The lowest BCUT2D eigenvalue weighted by molar-refractivity contribution is -0.119. The van der Waals surface area contributed by atoms with Gasteiger partial charge in [-0.15, -0.1) is 11.3 Å². The number of urea groups is 1. The summed E-state index contributed by atoms with van der Waals surface area (Å²) in [6.45, 7) is 1.65. The van der Waals surface area contributed by atoms with Crippen LogP contribution in [0.1, 0.15) is 11.8 Å². The van der Waals surface area contributed by atoms with Crippen LogP contribution in [0.2, 0.25) is 0 Å². The van der Waals surface area contributed by atoms with Gasteiger partial charge in [0, 0.05) is 17.5 Å². The molecule has 0 bridgehead atoms. The number of para-hydroxylation sites is 3. The molecule has 1 heterocycles. The second-order valence-electron chi connectivity index (χ2n) is 6.23. The lowest BCUT2D eigenvalue weighted by atomic mass is 10.3. The van der Waals surface area contributed by atoms with E-state index >= 15 is 0 Å². The van der Waals surface area contributed by atoms with Crippen LogP contribution in [0.15, 0.2) is 70.9 Å². The number of sulfonamides is 1. The van der Waals surface area contributed by atoms with Gasteiger partial charge in [-0.05, 0) is 36.4 Å². The van der Waals surface area contributed by atoms with Gasteiger partial charge in [-0.1, -0.05) is 30.3 Å². The normalized spacial score (nSPS) is 10.8. The van der Waals surface area contributed by atoms with Gasteiger partial charge in [-0.2, -0.15) is 0 Å². The maximum atomic E-state index is 12.8. The maximum Gasteiger partial charge on any atom is 0.323 e. The third-order valence-corrected chi connectivity index (χ3v) is 6.81. The zero-order valence-electron chi connectivity index (χ0n) is 16.0. The molecule has 8 nitrogen and oxygen atoms in total. The van der Waals surface area contributed by atoms with E-state index < -0.39 is 16.1 Å². The van der Waals surface area contributed by atoms with Gasteiger partial charge in [0.25, 0.3) is 10.0 Å². The molecule has 156 valence electrons. The highest BCUT2D eigenvalue weighted by atomic mass is 32.2. The standard InChI is InChI=1S/C20H20N4O4S2/c1-14(25)21-13-16-11-12-19(29-16)30(27,28)24-18-10-6-5-9-17(18)23-20(26)22-15-7-3-2-4-8-15/h2-12,24H,13H2,1H3,(H,21,25)(H2,22,23,26). The molecule has 10 heteroatoms. The predicted octanol–water partition coefficient (Wildman–Crippen LogP) is 3.83. The fourth-order valence-corrected chi connectivity index (χ4v) is 4.87. The highest BCUT2D eigenvalue weighted by Crippen LogP contribution is 2.28. The Hall–Kier alpha value is -3.37. The van der Waals surface area contributed by atoms with Crippen molar-refractivity contribution in [3.8, 4) is 0 Å². The SMILES string of the molecule is CC(=O)NCc1ccc(S(=O)(=O)Nc2ccccc2NC(=O)Nc2ccccc2)s1. The summed E-state index contributed by atoms with van der Waals surface area (Å²) in [5.41, 5.74) is 1.15. The Kier molecular flexibility index (Phi) is 6.70. The Bertz CT molecular complexity index is 1140. The van der Waals surface area contributed by atoms with Crippen LogP contribution >= 0.6 is 11.3 Å². The summed E-state index contributed by atoms with van der Waals surface area (Å²) in [7, 11) is -3.86. The topological polar surface area (TPSA) is 116 Å². The van der Waals surface area contributed by atoms with Gasteiger partial charge >= 0.3 is 6.03 Å². The van der Waals surface area contributed by atoms with E-state index in [1.165, 1.54) is 13.0 Å². The summed E-state index contributed by atoms with van der Waals surface area (Å²) < 4.78 is 28.1. The summed E-state index contributed by atoms with van der Waals surface area (Å²) in [4.78, 5) is 24.0. The van der Waals surface area contributed by atoms with E-state index in [9.17, 15) is 18.0 Å². The molecule has 0 saturated carbocycles. The minimum Gasteiger partial charge on any atom is -0.351 e. The number of thiophene rings is 1. The molecule has 0 atom stereocenters. The molecule has 4 N–H and O–H groups in total. The zero-order chi connectivity index (χ0) is 21.6. The Labute approximate surface area is 178 Å². The summed E-state index contributed by atoms with van der Waals surface area (Å²) in [6.07, 6.45) is 0. The van der Waals surface area contributed by atoms with E-state index in [0.29, 0.717) is 16.3 Å². The van der Waals surface area contributed by atoms with E-state index in [4.69, 9.17) is 0 Å². The number of carbonyl (C=O) groups is 2. The van der Waals surface area contributed by atoms with Gasteiger partial charge in [0.15, 0.2) is 0 Å². The Morgan fingerprint density at radius 1 is 0.867 bits per heavy atom. The number of rotatable bonds is 7. The monoisotopic (exact) mass is 444 g/mol. The second kappa shape index (κ2) is 9.42. The third kappa shape index (κ3) is 5.82. The molecule has 3 aromatic rings. The second-order valence-corrected chi connectivity index (χ2v) is 9.30. The summed E-state index contributed by atoms with van der Waals surface area (Å²) in [6, 6.07) is 18.0.